The van der Waals surface area contributed by atoms with Crippen LogP contribution in [-0.2, 0) is 25.5 Å². The van der Waals surface area contributed by atoms with E-state index in [2.05, 4.69) is 0 Å². The Morgan fingerprint density at radius 1 is 0.897 bits per heavy atom. The van der Waals surface area contributed by atoms with E-state index < -0.39 is 0 Å². The van der Waals surface area contributed by atoms with Gasteiger partial charge < -0.3 is 28.7 Å². The van der Waals surface area contributed by atoms with Crippen molar-refractivity contribution in [3.8, 4) is 11.5 Å². The van der Waals surface area contributed by atoms with Gasteiger partial charge in [-0.3, -0.25) is 9.59 Å². The maximum atomic E-state index is 12.7. The lowest BCUT2D eigenvalue weighted by Crippen LogP contribution is -2.39. The molecule has 0 N–H and O–H groups in total. The third-order valence-electron chi connectivity index (χ3n) is 4.93. The van der Waals surface area contributed by atoms with Gasteiger partial charge >= 0.3 is 0 Å². The first-order valence-corrected chi connectivity index (χ1v) is 9.92. The highest BCUT2D eigenvalue weighted by molar-refractivity contribution is 5.78. The predicted molar refractivity (Wildman–Crippen MR) is 108 cm³/mol. The van der Waals surface area contributed by atoms with Crippen molar-refractivity contribution in [3.05, 3.63) is 23.8 Å². The summed E-state index contributed by atoms with van der Waals surface area (Å²) in [5, 5.41) is 0. The van der Waals surface area contributed by atoms with Gasteiger partial charge in [-0.25, -0.2) is 0 Å². The van der Waals surface area contributed by atoms with Gasteiger partial charge in [0, 0.05) is 39.7 Å². The summed E-state index contributed by atoms with van der Waals surface area (Å²) in [4.78, 5) is 28.5. The number of amides is 2. The maximum Gasteiger partial charge on any atom is 0.248 e. The number of aryl methyl sites for hydroxylation is 1. The van der Waals surface area contributed by atoms with E-state index in [0.29, 0.717) is 63.7 Å². The summed E-state index contributed by atoms with van der Waals surface area (Å²) in [7, 11) is 4.79. The minimum absolute atomic E-state index is 0.0410. The van der Waals surface area contributed by atoms with Crippen LogP contribution >= 0.6 is 0 Å². The molecule has 0 aromatic heterocycles. The lowest BCUT2D eigenvalue weighted by atomic mass is 10.1. The third-order valence-corrected chi connectivity index (χ3v) is 4.93. The highest BCUT2D eigenvalue weighted by Gasteiger charge is 2.22. The molecule has 8 nitrogen and oxygen atoms in total. The summed E-state index contributed by atoms with van der Waals surface area (Å²) in [6.45, 7) is 3.32. The van der Waals surface area contributed by atoms with Crippen molar-refractivity contribution in [1.29, 1.82) is 0 Å². The number of ether oxygens (including phenoxy) is 4. The smallest absolute Gasteiger partial charge is 0.248 e. The zero-order valence-electron chi connectivity index (χ0n) is 17.6. The molecule has 0 saturated carbocycles. The van der Waals surface area contributed by atoms with Gasteiger partial charge in [0.2, 0.25) is 11.8 Å². The zero-order valence-corrected chi connectivity index (χ0v) is 17.6. The third kappa shape index (κ3) is 7.21. The standard InChI is InChI=1S/C21H32N2O6/c1-26-13-14-29-16-21(25)23-10-4-9-22(11-12-23)20(24)8-6-17-5-7-18(27-2)19(15-17)28-3/h5,7,15H,4,6,8-14,16H2,1-3H3. The second-order valence-electron chi connectivity index (χ2n) is 6.85. The fraction of sp³-hybridized carbons (Fsp3) is 0.619. The number of hydrogen-bond donors (Lipinski definition) is 0. The van der Waals surface area contributed by atoms with Gasteiger partial charge in [0.05, 0.1) is 27.4 Å². The molecule has 0 atom stereocenters. The number of methoxy groups -OCH3 is 3. The molecule has 8 heteroatoms. The minimum Gasteiger partial charge on any atom is -0.493 e. The molecule has 162 valence electrons. The second-order valence-corrected chi connectivity index (χ2v) is 6.85. The van der Waals surface area contributed by atoms with Gasteiger partial charge in [-0.1, -0.05) is 6.07 Å². The Bertz CT molecular complexity index is 667. The molecule has 0 aliphatic carbocycles. The summed E-state index contributed by atoms with van der Waals surface area (Å²) in [6, 6.07) is 5.70. The number of nitrogens with zero attached hydrogens (tertiary/aromatic N) is 2. The average molecular weight is 408 g/mol. The zero-order chi connectivity index (χ0) is 21.1. The van der Waals surface area contributed by atoms with Crippen LogP contribution in [0.4, 0.5) is 0 Å². The number of carbonyl (C=O) groups excluding carboxylic acids is 2. The fourth-order valence-electron chi connectivity index (χ4n) is 3.25. The predicted octanol–water partition coefficient (Wildman–Crippen LogP) is 1.36. The maximum absolute atomic E-state index is 12.7. The molecule has 1 aliphatic rings. The molecule has 1 heterocycles. The second kappa shape index (κ2) is 12.3. The van der Waals surface area contributed by atoms with E-state index >= 15 is 0 Å². The minimum atomic E-state index is -0.0410. The average Bonchev–Trinajstić information content (AvgIpc) is 3.01. The monoisotopic (exact) mass is 408 g/mol. The van der Waals surface area contributed by atoms with E-state index in [-0.39, 0.29) is 18.4 Å². The Labute approximate surface area is 172 Å². The normalized spacial score (nSPS) is 14.4. The fourth-order valence-corrected chi connectivity index (χ4v) is 3.25. The van der Waals surface area contributed by atoms with Crippen LogP contribution in [0.5, 0.6) is 11.5 Å². The molecule has 0 spiro atoms. The van der Waals surface area contributed by atoms with E-state index in [4.69, 9.17) is 18.9 Å². The summed E-state index contributed by atoms with van der Waals surface area (Å²) in [6.07, 6.45) is 1.82. The molecule has 0 radical (unpaired) electrons. The molecule has 1 aromatic carbocycles. The Morgan fingerprint density at radius 2 is 1.59 bits per heavy atom. The molecular formula is C21H32N2O6. The largest absolute Gasteiger partial charge is 0.493 e. The Hall–Kier alpha value is -2.32. The first-order valence-electron chi connectivity index (χ1n) is 9.92. The van der Waals surface area contributed by atoms with Crippen molar-refractivity contribution in [1.82, 2.24) is 9.80 Å². The Morgan fingerprint density at radius 3 is 2.24 bits per heavy atom. The molecule has 1 saturated heterocycles. The number of hydrogen-bond acceptors (Lipinski definition) is 6. The van der Waals surface area contributed by atoms with Crippen LogP contribution in [0, 0.1) is 0 Å². The van der Waals surface area contributed by atoms with Gasteiger partial charge in [-0.05, 0) is 30.5 Å². The lowest BCUT2D eigenvalue weighted by molar-refractivity contribution is -0.137. The highest BCUT2D eigenvalue weighted by Crippen LogP contribution is 2.28. The van der Waals surface area contributed by atoms with E-state index in [9.17, 15) is 9.59 Å². The van der Waals surface area contributed by atoms with E-state index in [1.54, 1.807) is 26.2 Å². The number of rotatable bonds is 10. The Kier molecular flexibility index (Phi) is 9.73. The van der Waals surface area contributed by atoms with Crippen LogP contribution in [0.15, 0.2) is 18.2 Å². The van der Waals surface area contributed by atoms with Gasteiger partial charge in [-0.15, -0.1) is 0 Å². The molecule has 29 heavy (non-hydrogen) atoms. The van der Waals surface area contributed by atoms with E-state index in [1.807, 2.05) is 23.1 Å². The molecule has 1 aliphatic heterocycles. The first kappa shape index (κ1) is 23.0. The molecular weight excluding hydrogens is 376 g/mol. The van der Waals surface area contributed by atoms with Crippen LogP contribution in [0.1, 0.15) is 18.4 Å². The van der Waals surface area contributed by atoms with E-state index in [1.165, 1.54) is 0 Å². The van der Waals surface area contributed by atoms with Crippen LogP contribution < -0.4 is 9.47 Å². The Balaban J connectivity index is 1.79. The van der Waals surface area contributed by atoms with Crippen molar-refractivity contribution in [2.24, 2.45) is 0 Å². The summed E-state index contributed by atoms with van der Waals surface area (Å²) in [5.74, 6) is 1.39. The van der Waals surface area contributed by atoms with Gasteiger partial charge in [0.15, 0.2) is 11.5 Å². The SMILES string of the molecule is COCCOCC(=O)N1CCCN(C(=O)CCc2ccc(OC)c(OC)c2)CC1. The molecule has 0 bridgehead atoms. The summed E-state index contributed by atoms with van der Waals surface area (Å²) in [5.41, 5.74) is 1.02. The van der Waals surface area contributed by atoms with Crippen molar-refractivity contribution >= 4 is 11.8 Å². The quantitative estimate of drug-likeness (QED) is 0.544. The van der Waals surface area contributed by atoms with Crippen molar-refractivity contribution in [2.75, 3.05) is 67.3 Å². The van der Waals surface area contributed by atoms with Gasteiger partial charge in [0.25, 0.3) is 0 Å². The van der Waals surface area contributed by atoms with Crippen molar-refractivity contribution in [2.45, 2.75) is 19.3 Å². The molecule has 1 aromatic rings. The lowest BCUT2D eigenvalue weighted by Gasteiger charge is -2.22. The molecule has 1 fully saturated rings. The molecule has 2 amide bonds. The first-order chi connectivity index (χ1) is 14.1. The number of benzene rings is 1. The number of carbonyl (C=O) groups is 2. The van der Waals surface area contributed by atoms with E-state index in [0.717, 1.165) is 12.0 Å². The van der Waals surface area contributed by atoms with Crippen LogP contribution in [0.2, 0.25) is 0 Å². The van der Waals surface area contributed by atoms with Crippen molar-refractivity contribution < 1.29 is 28.5 Å². The highest BCUT2D eigenvalue weighted by atomic mass is 16.5. The van der Waals surface area contributed by atoms with Gasteiger partial charge in [0.1, 0.15) is 6.61 Å². The van der Waals surface area contributed by atoms with Crippen LogP contribution in [0.3, 0.4) is 0 Å². The summed E-state index contributed by atoms with van der Waals surface area (Å²) < 4.78 is 20.8. The topological polar surface area (TPSA) is 77.5 Å². The molecule has 0 unspecified atom stereocenters. The van der Waals surface area contributed by atoms with Crippen LogP contribution in [0.25, 0.3) is 0 Å². The van der Waals surface area contributed by atoms with Crippen molar-refractivity contribution in [3.63, 3.8) is 0 Å². The summed E-state index contributed by atoms with van der Waals surface area (Å²) >= 11 is 0. The molecule has 2 rings (SSSR count). The van der Waals surface area contributed by atoms with Crippen LogP contribution in [-0.4, -0.2) is 88.9 Å². The van der Waals surface area contributed by atoms with Gasteiger partial charge in [-0.2, -0.15) is 0 Å².